The van der Waals surface area contributed by atoms with Crippen LogP contribution in [0.4, 0.5) is 0 Å². The first-order valence-electron chi connectivity index (χ1n) is 7.67. The summed E-state index contributed by atoms with van der Waals surface area (Å²) in [7, 11) is 1.63. The fourth-order valence-electron chi connectivity index (χ4n) is 2.61. The van der Waals surface area contributed by atoms with E-state index in [1.165, 1.54) is 0 Å². The van der Waals surface area contributed by atoms with E-state index in [1.807, 2.05) is 24.3 Å². The van der Waals surface area contributed by atoms with E-state index < -0.39 is 0 Å². The van der Waals surface area contributed by atoms with Gasteiger partial charge < -0.3 is 15.2 Å². The number of aliphatic hydroxyl groups excluding tert-OH is 1. The highest BCUT2D eigenvalue weighted by atomic mass is 16.5. The number of carbonyl (C=O) groups excluding carboxylic acids is 1. The van der Waals surface area contributed by atoms with Crippen LogP contribution < -0.4 is 10.1 Å². The van der Waals surface area contributed by atoms with E-state index >= 15 is 0 Å². The number of nitrogens with one attached hydrogen (secondary N) is 1. The molecule has 1 heterocycles. The van der Waals surface area contributed by atoms with E-state index in [0.717, 1.165) is 37.5 Å². The molecule has 1 amide bonds. The Morgan fingerprint density at radius 1 is 1.23 bits per heavy atom. The lowest BCUT2D eigenvalue weighted by atomic mass is 10.2. The molecule has 122 valence electrons. The maximum atomic E-state index is 12.0. The quantitative estimate of drug-likeness (QED) is 0.738. The standard InChI is InChI=1S/C16H25N3O3/c1-22-15-5-3-2-4-14(15)12-17-16(21)13-19-8-6-18(7-9-19)10-11-20/h2-5,20H,6-13H2,1H3,(H,17,21). The number of nitrogens with zero attached hydrogens (tertiary/aromatic N) is 2. The Morgan fingerprint density at radius 2 is 1.91 bits per heavy atom. The van der Waals surface area contributed by atoms with Crippen molar-refractivity contribution < 1.29 is 14.6 Å². The van der Waals surface area contributed by atoms with Crippen LogP contribution in [0.2, 0.25) is 0 Å². The molecular weight excluding hydrogens is 282 g/mol. The van der Waals surface area contributed by atoms with Gasteiger partial charge in [-0.3, -0.25) is 14.6 Å². The molecule has 1 fully saturated rings. The summed E-state index contributed by atoms with van der Waals surface area (Å²) in [6.07, 6.45) is 0. The molecule has 0 radical (unpaired) electrons. The summed E-state index contributed by atoms with van der Waals surface area (Å²) in [5.74, 6) is 0.821. The molecule has 1 aromatic rings. The summed E-state index contributed by atoms with van der Waals surface area (Å²) < 4.78 is 5.27. The summed E-state index contributed by atoms with van der Waals surface area (Å²) in [4.78, 5) is 16.4. The highest BCUT2D eigenvalue weighted by Gasteiger charge is 2.18. The number of carbonyl (C=O) groups is 1. The Kier molecular flexibility index (Phi) is 6.64. The van der Waals surface area contributed by atoms with E-state index in [9.17, 15) is 4.79 Å². The highest BCUT2D eigenvalue weighted by molar-refractivity contribution is 5.78. The molecule has 0 unspecified atom stereocenters. The molecule has 1 aliphatic rings. The van der Waals surface area contributed by atoms with Crippen LogP contribution >= 0.6 is 0 Å². The maximum absolute atomic E-state index is 12.0. The molecule has 0 spiro atoms. The number of benzene rings is 1. The van der Waals surface area contributed by atoms with E-state index in [4.69, 9.17) is 9.84 Å². The molecule has 0 aliphatic carbocycles. The third-order valence-corrected chi connectivity index (χ3v) is 3.92. The summed E-state index contributed by atoms with van der Waals surface area (Å²) >= 11 is 0. The fourth-order valence-corrected chi connectivity index (χ4v) is 2.61. The number of hydrogen-bond donors (Lipinski definition) is 2. The molecule has 1 saturated heterocycles. The molecule has 6 heteroatoms. The van der Waals surface area contributed by atoms with E-state index in [0.29, 0.717) is 19.6 Å². The lowest BCUT2D eigenvalue weighted by molar-refractivity contribution is -0.122. The zero-order chi connectivity index (χ0) is 15.8. The predicted octanol–water partition coefficient (Wildman–Crippen LogP) is -0.0787. The number of aliphatic hydroxyl groups is 1. The summed E-state index contributed by atoms with van der Waals surface area (Å²) in [6, 6.07) is 7.69. The number of amides is 1. The number of ether oxygens (including phenoxy) is 1. The van der Waals surface area contributed by atoms with Gasteiger partial charge in [0.15, 0.2) is 0 Å². The monoisotopic (exact) mass is 307 g/mol. The first-order chi connectivity index (χ1) is 10.7. The number of piperazine rings is 1. The molecule has 2 rings (SSSR count). The lowest BCUT2D eigenvalue weighted by Gasteiger charge is -2.33. The van der Waals surface area contributed by atoms with Crippen LogP contribution in [0.3, 0.4) is 0 Å². The van der Waals surface area contributed by atoms with Gasteiger partial charge in [0.05, 0.1) is 20.3 Å². The number of rotatable bonds is 7. The molecular formula is C16H25N3O3. The van der Waals surface area contributed by atoms with Crippen molar-refractivity contribution in [3.8, 4) is 5.75 Å². The van der Waals surface area contributed by atoms with Crippen molar-refractivity contribution in [2.75, 3.05) is 53.0 Å². The van der Waals surface area contributed by atoms with Gasteiger partial charge in [-0.25, -0.2) is 0 Å². The van der Waals surface area contributed by atoms with Gasteiger partial charge in [-0.15, -0.1) is 0 Å². The molecule has 2 N–H and O–H groups in total. The Labute approximate surface area is 131 Å². The van der Waals surface area contributed by atoms with Crippen LogP contribution in [0, 0.1) is 0 Å². The van der Waals surface area contributed by atoms with Gasteiger partial charge in [-0.1, -0.05) is 18.2 Å². The topological polar surface area (TPSA) is 65.0 Å². The van der Waals surface area contributed by atoms with Gasteiger partial charge in [-0.05, 0) is 6.07 Å². The smallest absolute Gasteiger partial charge is 0.234 e. The average Bonchev–Trinajstić information content (AvgIpc) is 2.55. The molecule has 0 bridgehead atoms. The Balaban J connectivity index is 1.72. The minimum absolute atomic E-state index is 0.0292. The second-order valence-electron chi connectivity index (χ2n) is 5.43. The first-order valence-corrected chi connectivity index (χ1v) is 7.67. The average molecular weight is 307 g/mol. The Morgan fingerprint density at radius 3 is 2.59 bits per heavy atom. The lowest BCUT2D eigenvalue weighted by Crippen LogP contribution is -2.49. The normalized spacial score (nSPS) is 16.5. The fraction of sp³-hybridized carbons (Fsp3) is 0.562. The zero-order valence-electron chi connectivity index (χ0n) is 13.1. The van der Waals surface area contributed by atoms with E-state index in [2.05, 4.69) is 15.1 Å². The Bertz CT molecular complexity index is 473. The van der Waals surface area contributed by atoms with Crippen LogP contribution in [0.25, 0.3) is 0 Å². The van der Waals surface area contributed by atoms with Crippen molar-refractivity contribution in [1.82, 2.24) is 15.1 Å². The van der Waals surface area contributed by atoms with Gasteiger partial charge in [-0.2, -0.15) is 0 Å². The predicted molar refractivity (Wildman–Crippen MR) is 84.8 cm³/mol. The van der Waals surface area contributed by atoms with Crippen LogP contribution in [0.1, 0.15) is 5.56 Å². The van der Waals surface area contributed by atoms with E-state index in [1.54, 1.807) is 7.11 Å². The van der Waals surface area contributed by atoms with Crippen molar-refractivity contribution in [3.05, 3.63) is 29.8 Å². The Hall–Kier alpha value is -1.63. The number of methoxy groups -OCH3 is 1. The van der Waals surface area contributed by atoms with Crippen molar-refractivity contribution in [1.29, 1.82) is 0 Å². The summed E-state index contributed by atoms with van der Waals surface area (Å²) in [5, 5.41) is 11.9. The van der Waals surface area contributed by atoms with Crippen molar-refractivity contribution in [2.24, 2.45) is 0 Å². The summed E-state index contributed by atoms with van der Waals surface area (Å²) in [5.41, 5.74) is 0.978. The molecule has 22 heavy (non-hydrogen) atoms. The molecule has 0 aromatic heterocycles. The van der Waals surface area contributed by atoms with Crippen molar-refractivity contribution in [3.63, 3.8) is 0 Å². The third-order valence-electron chi connectivity index (χ3n) is 3.92. The molecule has 1 aromatic carbocycles. The van der Waals surface area contributed by atoms with Crippen molar-refractivity contribution >= 4 is 5.91 Å². The van der Waals surface area contributed by atoms with E-state index in [-0.39, 0.29) is 12.5 Å². The zero-order valence-corrected chi connectivity index (χ0v) is 13.1. The number of para-hydroxylation sites is 1. The summed E-state index contributed by atoms with van der Waals surface area (Å²) in [6.45, 7) is 5.34. The highest BCUT2D eigenvalue weighted by Crippen LogP contribution is 2.16. The first kappa shape index (κ1) is 16.7. The minimum atomic E-state index is 0.0292. The second kappa shape index (κ2) is 8.73. The molecule has 0 saturated carbocycles. The van der Waals surface area contributed by atoms with Gasteiger partial charge in [0.25, 0.3) is 0 Å². The van der Waals surface area contributed by atoms with Crippen molar-refractivity contribution in [2.45, 2.75) is 6.54 Å². The third kappa shape index (κ3) is 4.98. The van der Waals surface area contributed by atoms with Gasteiger partial charge in [0.1, 0.15) is 5.75 Å². The van der Waals surface area contributed by atoms with Crippen LogP contribution in [0.15, 0.2) is 24.3 Å². The van der Waals surface area contributed by atoms with Gasteiger partial charge in [0, 0.05) is 44.8 Å². The van der Waals surface area contributed by atoms with Crippen LogP contribution in [-0.2, 0) is 11.3 Å². The molecule has 6 nitrogen and oxygen atoms in total. The van der Waals surface area contributed by atoms with Crippen LogP contribution in [0.5, 0.6) is 5.75 Å². The minimum Gasteiger partial charge on any atom is -0.496 e. The largest absolute Gasteiger partial charge is 0.496 e. The second-order valence-corrected chi connectivity index (χ2v) is 5.43. The van der Waals surface area contributed by atoms with Gasteiger partial charge >= 0.3 is 0 Å². The van der Waals surface area contributed by atoms with Gasteiger partial charge in [0.2, 0.25) is 5.91 Å². The van der Waals surface area contributed by atoms with Crippen LogP contribution in [-0.4, -0.2) is 73.8 Å². The number of β-amino-alcohol motifs (C(OH)–C–C–N with tert-alkyl or cyclic N) is 1. The number of hydrogen-bond acceptors (Lipinski definition) is 5. The maximum Gasteiger partial charge on any atom is 0.234 e. The molecule has 0 atom stereocenters. The SMILES string of the molecule is COc1ccccc1CNC(=O)CN1CCN(CCO)CC1. The molecule has 1 aliphatic heterocycles.